The minimum absolute atomic E-state index is 0.221. The van der Waals surface area contributed by atoms with Gasteiger partial charge in [-0.15, -0.1) is 0 Å². The van der Waals surface area contributed by atoms with Crippen LogP contribution in [-0.4, -0.2) is 31.2 Å². The first-order chi connectivity index (χ1) is 11.4. The number of carbonyl (C=O) groups excluding carboxylic acids is 1. The topological polar surface area (TPSA) is 42.4 Å². The van der Waals surface area contributed by atoms with Crippen molar-refractivity contribution in [2.45, 2.75) is 19.0 Å². The summed E-state index contributed by atoms with van der Waals surface area (Å²) in [5, 5.41) is 0.649. The number of carbonyl (C=O) groups is 1. The van der Waals surface area contributed by atoms with Gasteiger partial charge in [0.2, 0.25) is 0 Å². The lowest BCUT2D eigenvalue weighted by Gasteiger charge is -2.33. The second-order valence-corrected chi connectivity index (χ2v) is 5.87. The Morgan fingerprint density at radius 1 is 1.33 bits per heavy atom. The zero-order valence-electron chi connectivity index (χ0n) is 13.1. The standard InChI is InChI=1S/C17H17F3N2O2/c1-24-16(23)11-3-2-8-22(10-11)15-6-7-21-14-9-12(17(18,19)20)4-5-13(14)15/h4-7,9,11H,2-3,8,10H2,1H3/t11-/m0/s1. The van der Waals surface area contributed by atoms with E-state index in [1.54, 1.807) is 6.07 Å². The fraction of sp³-hybridized carbons (Fsp3) is 0.412. The number of aromatic nitrogens is 1. The number of methoxy groups -OCH3 is 1. The van der Waals surface area contributed by atoms with Gasteiger partial charge in [0.05, 0.1) is 24.1 Å². The summed E-state index contributed by atoms with van der Waals surface area (Å²) < 4.78 is 43.4. The number of ether oxygens (including phenoxy) is 1. The molecule has 0 amide bonds. The van der Waals surface area contributed by atoms with E-state index in [4.69, 9.17) is 4.74 Å². The lowest BCUT2D eigenvalue weighted by molar-refractivity contribution is -0.145. The van der Waals surface area contributed by atoms with Crippen LogP contribution in [0.3, 0.4) is 0 Å². The number of fused-ring (bicyclic) bond motifs is 1. The molecule has 0 bridgehead atoms. The monoisotopic (exact) mass is 338 g/mol. The molecule has 1 fully saturated rings. The van der Waals surface area contributed by atoms with Crippen molar-refractivity contribution in [3.63, 3.8) is 0 Å². The maximum Gasteiger partial charge on any atom is 0.416 e. The molecule has 128 valence electrons. The van der Waals surface area contributed by atoms with Gasteiger partial charge in [0.25, 0.3) is 0 Å². The molecule has 7 heteroatoms. The van der Waals surface area contributed by atoms with E-state index in [0.29, 0.717) is 17.4 Å². The number of hydrogen-bond donors (Lipinski definition) is 0. The molecular formula is C17H17F3N2O2. The fourth-order valence-electron chi connectivity index (χ4n) is 3.14. The highest BCUT2D eigenvalue weighted by Crippen LogP contribution is 2.34. The van der Waals surface area contributed by atoms with E-state index >= 15 is 0 Å². The largest absolute Gasteiger partial charge is 0.469 e. The second-order valence-electron chi connectivity index (χ2n) is 5.87. The number of piperidine rings is 1. The van der Waals surface area contributed by atoms with Crippen molar-refractivity contribution in [2.75, 3.05) is 25.1 Å². The van der Waals surface area contributed by atoms with Gasteiger partial charge in [-0.25, -0.2) is 0 Å². The summed E-state index contributed by atoms with van der Waals surface area (Å²) in [6.07, 6.45) is -1.32. The Morgan fingerprint density at radius 2 is 2.12 bits per heavy atom. The van der Waals surface area contributed by atoms with Crippen LogP contribution >= 0.6 is 0 Å². The van der Waals surface area contributed by atoms with Crippen molar-refractivity contribution in [1.82, 2.24) is 4.98 Å². The zero-order chi connectivity index (χ0) is 17.3. The van der Waals surface area contributed by atoms with Crippen LogP contribution in [-0.2, 0) is 15.7 Å². The van der Waals surface area contributed by atoms with Gasteiger partial charge in [-0.3, -0.25) is 9.78 Å². The molecule has 4 nitrogen and oxygen atoms in total. The summed E-state index contributed by atoms with van der Waals surface area (Å²) in [6, 6.07) is 5.34. The van der Waals surface area contributed by atoms with E-state index in [9.17, 15) is 18.0 Å². The highest BCUT2D eigenvalue weighted by atomic mass is 19.4. The van der Waals surface area contributed by atoms with Crippen molar-refractivity contribution >= 4 is 22.6 Å². The van der Waals surface area contributed by atoms with E-state index in [0.717, 1.165) is 37.2 Å². The summed E-state index contributed by atoms with van der Waals surface area (Å²) >= 11 is 0. The Kier molecular flexibility index (Phi) is 4.34. The molecule has 0 N–H and O–H groups in total. The Morgan fingerprint density at radius 3 is 2.83 bits per heavy atom. The molecule has 0 radical (unpaired) electrons. The highest BCUT2D eigenvalue weighted by molar-refractivity contribution is 5.92. The average molecular weight is 338 g/mol. The van der Waals surface area contributed by atoms with Crippen LogP contribution in [0.5, 0.6) is 0 Å². The van der Waals surface area contributed by atoms with E-state index < -0.39 is 11.7 Å². The minimum atomic E-state index is -4.40. The van der Waals surface area contributed by atoms with E-state index in [1.165, 1.54) is 19.4 Å². The van der Waals surface area contributed by atoms with E-state index in [2.05, 4.69) is 4.98 Å². The normalized spacial score (nSPS) is 18.7. The minimum Gasteiger partial charge on any atom is -0.469 e. The Hall–Kier alpha value is -2.31. The number of hydrogen-bond acceptors (Lipinski definition) is 4. The molecule has 2 heterocycles. The fourth-order valence-corrected chi connectivity index (χ4v) is 3.14. The molecule has 1 atom stereocenters. The Balaban J connectivity index is 1.96. The molecule has 0 saturated carbocycles. The third-order valence-corrected chi connectivity index (χ3v) is 4.34. The average Bonchev–Trinajstić information content (AvgIpc) is 2.59. The van der Waals surface area contributed by atoms with Crippen molar-refractivity contribution in [1.29, 1.82) is 0 Å². The first-order valence-corrected chi connectivity index (χ1v) is 7.69. The molecule has 0 spiro atoms. The summed E-state index contributed by atoms with van der Waals surface area (Å²) in [6.45, 7) is 1.24. The van der Waals surface area contributed by atoms with E-state index in [-0.39, 0.29) is 11.9 Å². The van der Waals surface area contributed by atoms with Gasteiger partial charge in [-0.1, -0.05) is 6.07 Å². The number of pyridine rings is 1. The maximum atomic E-state index is 12.9. The van der Waals surface area contributed by atoms with Crippen LogP contribution in [0.4, 0.5) is 18.9 Å². The van der Waals surface area contributed by atoms with Crippen molar-refractivity contribution < 1.29 is 22.7 Å². The molecule has 1 aliphatic heterocycles. The first kappa shape index (κ1) is 16.5. The van der Waals surface area contributed by atoms with Gasteiger partial charge in [0.15, 0.2) is 0 Å². The molecular weight excluding hydrogens is 321 g/mol. The molecule has 1 aliphatic rings. The number of rotatable bonds is 2. The van der Waals surface area contributed by atoms with Crippen molar-refractivity contribution in [3.8, 4) is 0 Å². The molecule has 1 aromatic heterocycles. The maximum absolute atomic E-state index is 12.9. The van der Waals surface area contributed by atoms with Gasteiger partial charge in [-0.05, 0) is 31.0 Å². The van der Waals surface area contributed by atoms with Gasteiger partial charge >= 0.3 is 12.1 Å². The summed E-state index contributed by atoms with van der Waals surface area (Å²) in [7, 11) is 1.36. The lowest BCUT2D eigenvalue weighted by atomic mass is 9.97. The predicted octanol–water partition coefficient (Wildman–Crippen LogP) is 3.64. The molecule has 2 aromatic rings. The van der Waals surface area contributed by atoms with Crippen LogP contribution < -0.4 is 4.90 Å². The number of anilines is 1. The van der Waals surface area contributed by atoms with Crippen LogP contribution in [0.2, 0.25) is 0 Å². The number of benzene rings is 1. The quantitative estimate of drug-likeness (QED) is 0.784. The molecule has 0 aliphatic carbocycles. The number of alkyl halides is 3. The van der Waals surface area contributed by atoms with E-state index in [1.807, 2.05) is 4.90 Å². The first-order valence-electron chi connectivity index (χ1n) is 7.69. The van der Waals surface area contributed by atoms with Crippen LogP contribution in [0.25, 0.3) is 10.9 Å². The molecule has 0 unspecified atom stereocenters. The summed E-state index contributed by atoms with van der Waals surface area (Å²) in [4.78, 5) is 17.9. The van der Waals surface area contributed by atoms with Gasteiger partial charge < -0.3 is 9.64 Å². The molecule has 24 heavy (non-hydrogen) atoms. The number of halogens is 3. The SMILES string of the molecule is COC(=O)[C@H]1CCCN(c2ccnc3cc(C(F)(F)F)ccc23)C1. The molecule has 1 aromatic carbocycles. The van der Waals surface area contributed by atoms with Crippen LogP contribution in [0, 0.1) is 5.92 Å². The third-order valence-electron chi connectivity index (χ3n) is 4.34. The zero-order valence-corrected chi connectivity index (χ0v) is 13.1. The Bertz CT molecular complexity index is 761. The lowest BCUT2D eigenvalue weighted by Crippen LogP contribution is -2.39. The molecule has 1 saturated heterocycles. The number of nitrogens with zero attached hydrogens (tertiary/aromatic N) is 2. The Labute approximate surface area is 137 Å². The van der Waals surface area contributed by atoms with Crippen LogP contribution in [0.1, 0.15) is 18.4 Å². The van der Waals surface area contributed by atoms with Crippen molar-refractivity contribution in [3.05, 3.63) is 36.0 Å². The second kappa shape index (κ2) is 6.30. The van der Waals surface area contributed by atoms with Gasteiger partial charge in [0, 0.05) is 30.4 Å². The predicted molar refractivity (Wildman–Crippen MR) is 83.7 cm³/mol. The van der Waals surface area contributed by atoms with Crippen LogP contribution in [0.15, 0.2) is 30.5 Å². The molecule has 3 rings (SSSR count). The summed E-state index contributed by atoms with van der Waals surface area (Å²) in [5.74, 6) is -0.473. The number of esters is 1. The highest BCUT2D eigenvalue weighted by Gasteiger charge is 2.31. The smallest absolute Gasteiger partial charge is 0.416 e. The summed E-state index contributed by atoms with van der Waals surface area (Å²) in [5.41, 5.74) is 0.371. The third kappa shape index (κ3) is 3.16. The van der Waals surface area contributed by atoms with Crippen molar-refractivity contribution in [2.24, 2.45) is 5.92 Å². The van der Waals surface area contributed by atoms with Gasteiger partial charge in [0.1, 0.15) is 0 Å². The van der Waals surface area contributed by atoms with Gasteiger partial charge in [-0.2, -0.15) is 13.2 Å².